The maximum Gasteiger partial charge on any atom is 0.410 e. The highest BCUT2D eigenvalue weighted by Crippen LogP contribution is 2.40. The van der Waals surface area contributed by atoms with Gasteiger partial charge in [-0.2, -0.15) is 0 Å². The maximum atomic E-state index is 12.4. The molecule has 0 unspecified atom stereocenters. The molecule has 7 nitrogen and oxygen atoms in total. The normalized spacial score (nSPS) is 16.0. The van der Waals surface area contributed by atoms with Crippen molar-refractivity contribution in [3.05, 3.63) is 29.8 Å². The van der Waals surface area contributed by atoms with Crippen molar-refractivity contribution in [3.8, 4) is 12.0 Å². The third kappa shape index (κ3) is 5.62. The lowest BCUT2D eigenvalue weighted by molar-refractivity contribution is -0.139. The molecule has 152 valence electrons. The number of rotatable bonds is 5. The number of esters is 1. The second-order valence-electron chi connectivity index (χ2n) is 7.95. The van der Waals surface area contributed by atoms with Crippen molar-refractivity contribution >= 4 is 12.1 Å². The average molecular weight is 388 g/mol. The highest BCUT2D eigenvalue weighted by molar-refractivity contribution is 5.73. The van der Waals surface area contributed by atoms with Crippen LogP contribution in [0.5, 0.6) is 5.75 Å². The first kappa shape index (κ1) is 21.5. The molecule has 0 saturated carbocycles. The quantitative estimate of drug-likeness (QED) is 0.563. The molecule has 0 aliphatic carbocycles. The van der Waals surface area contributed by atoms with E-state index in [4.69, 9.17) is 14.7 Å². The highest BCUT2D eigenvalue weighted by atomic mass is 16.6. The second kappa shape index (κ2) is 8.96. The molecule has 7 heteroatoms. The Balaban J connectivity index is 2.23. The van der Waals surface area contributed by atoms with Crippen molar-refractivity contribution in [1.82, 2.24) is 4.90 Å². The zero-order valence-electron chi connectivity index (χ0n) is 17.0. The van der Waals surface area contributed by atoms with Gasteiger partial charge in [-0.05, 0) is 58.2 Å². The van der Waals surface area contributed by atoms with Gasteiger partial charge in [0.15, 0.2) is 0 Å². The zero-order chi connectivity index (χ0) is 20.8. The average Bonchev–Trinajstić information content (AvgIpc) is 2.61. The van der Waals surface area contributed by atoms with Crippen LogP contribution in [-0.2, 0) is 19.7 Å². The SMILES string of the molecule is CCOc1cccc(C2(CC(=O)OC#N)CCN(C(=O)OC(C)(C)C)CC2)c1. The molecular formula is C21H28N2O5. The van der Waals surface area contributed by atoms with Crippen molar-refractivity contribution in [2.45, 2.75) is 58.0 Å². The second-order valence-corrected chi connectivity index (χ2v) is 7.95. The Morgan fingerprint density at radius 3 is 2.50 bits per heavy atom. The summed E-state index contributed by atoms with van der Waals surface area (Å²) in [5.74, 6) is 0.151. The minimum Gasteiger partial charge on any atom is -0.494 e. The van der Waals surface area contributed by atoms with Crippen LogP contribution in [0.1, 0.15) is 52.5 Å². The van der Waals surface area contributed by atoms with Crippen molar-refractivity contribution in [3.63, 3.8) is 0 Å². The molecule has 1 fully saturated rings. The minimum absolute atomic E-state index is 0.0678. The van der Waals surface area contributed by atoms with Crippen LogP contribution in [-0.4, -0.2) is 42.3 Å². The molecule has 1 aliphatic heterocycles. The Bertz CT molecular complexity index is 740. The summed E-state index contributed by atoms with van der Waals surface area (Å²) in [6.45, 7) is 8.84. The third-order valence-corrected chi connectivity index (χ3v) is 4.77. The summed E-state index contributed by atoms with van der Waals surface area (Å²) >= 11 is 0. The summed E-state index contributed by atoms with van der Waals surface area (Å²) in [7, 11) is 0. The van der Waals surface area contributed by atoms with Gasteiger partial charge in [0.1, 0.15) is 11.4 Å². The highest BCUT2D eigenvalue weighted by Gasteiger charge is 2.41. The molecule has 1 heterocycles. The van der Waals surface area contributed by atoms with Crippen molar-refractivity contribution < 1.29 is 23.8 Å². The standard InChI is InChI=1S/C21H28N2O5/c1-5-26-17-8-6-7-16(13-17)21(14-18(24)27-15-22)9-11-23(12-10-21)19(25)28-20(2,3)4/h6-8,13H,5,9-12,14H2,1-4H3. The lowest BCUT2D eigenvalue weighted by atomic mass is 9.70. The van der Waals surface area contributed by atoms with Crippen LogP contribution in [0.2, 0.25) is 0 Å². The number of hydrogen-bond acceptors (Lipinski definition) is 6. The van der Waals surface area contributed by atoms with Gasteiger partial charge in [0.2, 0.25) is 0 Å². The molecule has 1 aromatic rings. The molecule has 0 atom stereocenters. The van der Waals surface area contributed by atoms with Crippen molar-refractivity contribution in [2.24, 2.45) is 0 Å². The molecule has 0 spiro atoms. The van der Waals surface area contributed by atoms with E-state index < -0.39 is 17.0 Å². The molecule has 0 aromatic heterocycles. The van der Waals surface area contributed by atoms with Gasteiger partial charge >= 0.3 is 12.1 Å². The summed E-state index contributed by atoms with van der Waals surface area (Å²) in [6.07, 6.45) is 2.28. The van der Waals surface area contributed by atoms with E-state index in [-0.39, 0.29) is 12.5 Å². The third-order valence-electron chi connectivity index (χ3n) is 4.77. The number of carbonyl (C=O) groups excluding carboxylic acids is 2. The predicted molar refractivity (Wildman–Crippen MR) is 103 cm³/mol. The van der Waals surface area contributed by atoms with Crippen LogP contribution in [0.4, 0.5) is 4.79 Å². The Labute approximate surface area is 166 Å². The molecule has 1 amide bonds. The number of piperidine rings is 1. The number of ether oxygens (including phenoxy) is 3. The Hall–Kier alpha value is -2.75. The zero-order valence-corrected chi connectivity index (χ0v) is 17.0. The molecule has 0 N–H and O–H groups in total. The molecule has 1 aromatic carbocycles. The monoisotopic (exact) mass is 388 g/mol. The summed E-state index contributed by atoms with van der Waals surface area (Å²) in [4.78, 5) is 26.2. The van der Waals surface area contributed by atoms with Crippen molar-refractivity contribution in [1.29, 1.82) is 5.26 Å². The fourth-order valence-corrected chi connectivity index (χ4v) is 3.46. The topological polar surface area (TPSA) is 88.9 Å². The number of carbonyl (C=O) groups is 2. The maximum absolute atomic E-state index is 12.4. The van der Waals surface area contributed by atoms with Gasteiger partial charge in [-0.15, -0.1) is 5.26 Å². The van der Waals surface area contributed by atoms with Crippen LogP contribution in [0.3, 0.4) is 0 Å². The van der Waals surface area contributed by atoms with E-state index in [0.717, 1.165) is 11.3 Å². The Morgan fingerprint density at radius 2 is 1.93 bits per heavy atom. The molecular weight excluding hydrogens is 360 g/mol. The van der Waals surface area contributed by atoms with Crippen LogP contribution >= 0.6 is 0 Å². The lowest BCUT2D eigenvalue weighted by Crippen LogP contribution is -2.47. The van der Waals surface area contributed by atoms with Gasteiger partial charge in [-0.1, -0.05) is 12.1 Å². The fraction of sp³-hybridized carbons (Fsp3) is 0.571. The number of benzene rings is 1. The first-order chi connectivity index (χ1) is 13.2. The first-order valence-corrected chi connectivity index (χ1v) is 9.49. The predicted octanol–water partition coefficient (Wildman–Crippen LogP) is 3.77. The van der Waals surface area contributed by atoms with Gasteiger partial charge < -0.3 is 19.1 Å². The molecule has 28 heavy (non-hydrogen) atoms. The van der Waals surface area contributed by atoms with Gasteiger partial charge in [-0.3, -0.25) is 4.79 Å². The number of nitriles is 1. The smallest absolute Gasteiger partial charge is 0.410 e. The van der Waals surface area contributed by atoms with Crippen LogP contribution in [0, 0.1) is 11.5 Å². The Morgan fingerprint density at radius 1 is 1.25 bits per heavy atom. The fourth-order valence-electron chi connectivity index (χ4n) is 3.46. The summed E-state index contributed by atoms with van der Waals surface area (Å²) in [5.41, 5.74) is -0.148. The summed E-state index contributed by atoms with van der Waals surface area (Å²) in [6, 6.07) is 7.62. The molecule has 0 bridgehead atoms. The van der Waals surface area contributed by atoms with E-state index in [1.165, 1.54) is 6.26 Å². The van der Waals surface area contributed by atoms with Gasteiger partial charge in [0.05, 0.1) is 13.0 Å². The first-order valence-electron chi connectivity index (χ1n) is 9.49. The van der Waals surface area contributed by atoms with E-state index in [9.17, 15) is 9.59 Å². The van der Waals surface area contributed by atoms with E-state index in [0.29, 0.717) is 32.5 Å². The number of amides is 1. The van der Waals surface area contributed by atoms with E-state index in [1.54, 1.807) is 4.90 Å². The van der Waals surface area contributed by atoms with Crippen LogP contribution < -0.4 is 4.74 Å². The minimum atomic E-state index is -0.574. The van der Waals surface area contributed by atoms with E-state index >= 15 is 0 Å². The van der Waals surface area contributed by atoms with Gasteiger partial charge in [0, 0.05) is 18.5 Å². The lowest BCUT2D eigenvalue weighted by Gasteiger charge is -2.41. The summed E-state index contributed by atoms with van der Waals surface area (Å²) < 4.78 is 15.6. The van der Waals surface area contributed by atoms with Gasteiger partial charge in [-0.25, -0.2) is 4.79 Å². The van der Waals surface area contributed by atoms with Gasteiger partial charge in [0.25, 0.3) is 6.26 Å². The largest absolute Gasteiger partial charge is 0.494 e. The van der Waals surface area contributed by atoms with Crippen molar-refractivity contribution in [2.75, 3.05) is 19.7 Å². The van der Waals surface area contributed by atoms with E-state index in [2.05, 4.69) is 4.74 Å². The molecule has 0 radical (unpaired) electrons. The van der Waals surface area contributed by atoms with Crippen LogP contribution in [0.15, 0.2) is 24.3 Å². The number of likely N-dealkylation sites (tertiary alicyclic amines) is 1. The molecule has 2 rings (SSSR count). The Kier molecular flexibility index (Phi) is 6.90. The van der Waals surface area contributed by atoms with E-state index in [1.807, 2.05) is 52.0 Å². The van der Waals surface area contributed by atoms with Crippen LogP contribution in [0.25, 0.3) is 0 Å². The summed E-state index contributed by atoms with van der Waals surface area (Å²) in [5, 5.41) is 8.68. The molecule has 1 aliphatic rings. The number of hydrogen-bond donors (Lipinski definition) is 0. The molecule has 1 saturated heterocycles. The number of nitrogens with zero attached hydrogens (tertiary/aromatic N) is 2.